The Labute approximate surface area is 332 Å². The van der Waals surface area contributed by atoms with Crippen molar-refractivity contribution in [1.82, 2.24) is 20.5 Å². The molecule has 3 aliphatic heterocycles. The number of likely N-dealkylation sites (N-methyl/N-ethyl adjacent to an activating group) is 1. The summed E-state index contributed by atoms with van der Waals surface area (Å²) in [6, 6.07) is 2.42. The van der Waals surface area contributed by atoms with Gasteiger partial charge in [-0.1, -0.05) is 45.9 Å². The first kappa shape index (κ1) is 44.6. The van der Waals surface area contributed by atoms with Crippen LogP contribution in [0.25, 0.3) is 6.08 Å². The van der Waals surface area contributed by atoms with Crippen LogP contribution in [0.15, 0.2) is 29.0 Å². The number of rotatable bonds is 8. The number of ether oxygens (including phenoxy) is 5. The Morgan fingerprint density at radius 2 is 1.80 bits per heavy atom. The zero-order chi connectivity index (χ0) is 41.0. The molecule has 3 aliphatic rings. The Bertz CT molecular complexity index is 1550. The SMILES string of the molecule is CC[C@H]1OC(=O)[C@H](C)[C@@H](O)[C@H](C)[C@@H](O[C@@H]2O[C@H](C)C[C@H](N(C)C)[C@H]2O)[C@](C)(OC(=O)NC/C=C/c2ccc(Br)nc2)C[C@@H](C)C(=O)[C@H](C)[C@H]2NC(=O)O[C@@]21C. The summed E-state index contributed by atoms with van der Waals surface area (Å²) in [5.74, 6) is -4.78. The lowest BCUT2D eigenvalue weighted by Gasteiger charge is -2.48. The maximum atomic E-state index is 14.4. The molecule has 0 radical (unpaired) electrons. The number of halogens is 1. The third-order valence-electron chi connectivity index (χ3n) is 11.4. The molecular weight excluding hydrogens is 780 g/mol. The second-order valence-electron chi connectivity index (χ2n) is 16.0. The molecule has 0 aliphatic carbocycles. The number of nitrogens with zero attached hydrogens (tertiary/aromatic N) is 2. The molecule has 1 aromatic rings. The van der Waals surface area contributed by atoms with Crippen LogP contribution in [0.2, 0.25) is 0 Å². The number of alkyl carbamates (subject to hydrolysis) is 2. The van der Waals surface area contributed by atoms with E-state index in [-0.39, 0.29) is 37.3 Å². The molecular formula is C39H59BrN4O11. The van der Waals surface area contributed by atoms with Crippen LogP contribution in [0.4, 0.5) is 9.59 Å². The summed E-state index contributed by atoms with van der Waals surface area (Å²) in [4.78, 5) is 60.6. The van der Waals surface area contributed by atoms with Gasteiger partial charge in [0.25, 0.3) is 0 Å². The van der Waals surface area contributed by atoms with Gasteiger partial charge in [-0.15, -0.1) is 0 Å². The van der Waals surface area contributed by atoms with Crippen molar-refractivity contribution in [2.45, 2.75) is 135 Å². The summed E-state index contributed by atoms with van der Waals surface area (Å²) < 4.78 is 31.4. The lowest BCUT2D eigenvalue weighted by atomic mass is 9.73. The van der Waals surface area contributed by atoms with Crippen LogP contribution in [0.1, 0.15) is 80.2 Å². The molecule has 3 saturated heterocycles. The fourth-order valence-electron chi connectivity index (χ4n) is 8.31. The van der Waals surface area contributed by atoms with Crippen LogP contribution in [-0.2, 0) is 33.3 Å². The highest BCUT2D eigenvalue weighted by atomic mass is 79.9. The molecule has 0 saturated carbocycles. The fraction of sp³-hybridized carbons (Fsp3) is 0.718. The summed E-state index contributed by atoms with van der Waals surface area (Å²) in [6.45, 7) is 13.5. The molecule has 308 valence electrons. The number of carbonyl (C=O) groups excluding carboxylic acids is 4. The number of aliphatic hydroxyl groups is 2. The van der Waals surface area contributed by atoms with Crippen molar-refractivity contribution in [3.8, 4) is 0 Å². The summed E-state index contributed by atoms with van der Waals surface area (Å²) in [6.07, 6.45) is -2.08. The third kappa shape index (κ3) is 10.2. The summed E-state index contributed by atoms with van der Waals surface area (Å²) in [5.41, 5.74) is -2.27. The molecule has 4 heterocycles. The van der Waals surface area contributed by atoms with Crippen molar-refractivity contribution in [1.29, 1.82) is 0 Å². The zero-order valence-electron chi connectivity index (χ0n) is 33.5. The highest BCUT2D eigenvalue weighted by molar-refractivity contribution is 9.10. The van der Waals surface area contributed by atoms with Crippen molar-refractivity contribution in [2.24, 2.45) is 23.7 Å². The summed E-state index contributed by atoms with van der Waals surface area (Å²) >= 11 is 3.31. The lowest BCUT2D eigenvalue weighted by Crippen LogP contribution is -2.61. The predicted molar refractivity (Wildman–Crippen MR) is 205 cm³/mol. The Morgan fingerprint density at radius 3 is 2.42 bits per heavy atom. The number of amides is 2. The van der Waals surface area contributed by atoms with Gasteiger partial charge in [0.15, 0.2) is 11.9 Å². The van der Waals surface area contributed by atoms with Crippen LogP contribution in [0, 0.1) is 23.7 Å². The minimum Gasteiger partial charge on any atom is -0.458 e. The monoisotopic (exact) mass is 838 g/mol. The van der Waals surface area contributed by atoms with Crippen LogP contribution in [0.3, 0.4) is 0 Å². The first-order chi connectivity index (χ1) is 25.7. The topological polar surface area (TPSA) is 195 Å². The standard InChI is InChI=1S/C39H59BrN4O11/c1-11-27-39(8)32(43-37(50)55-39)22(4)29(45)20(2)18-38(7,54-36(49)41-16-12-13-25-14-15-28(40)42-19-25)33(23(5)30(46)24(6)34(48)52-27)53-35-31(47)26(44(9)10)17-21(3)51-35/h12-15,19-24,26-27,30-33,35,46-47H,11,16-18H2,1-10H3,(H,41,49)(H,43,50)/b13-12+/t20-,21-,22+,23+,24-,26+,27-,30+,31-,32-,33-,35+,38-,39-/m1/s1. The summed E-state index contributed by atoms with van der Waals surface area (Å²) in [7, 11) is 3.68. The van der Waals surface area contributed by atoms with Crippen molar-refractivity contribution in [2.75, 3.05) is 20.6 Å². The minimum absolute atomic E-state index is 0.0775. The highest BCUT2D eigenvalue weighted by Crippen LogP contribution is 2.41. The van der Waals surface area contributed by atoms with Gasteiger partial charge in [0.1, 0.15) is 34.3 Å². The van der Waals surface area contributed by atoms with Gasteiger partial charge in [-0.2, -0.15) is 0 Å². The highest BCUT2D eigenvalue weighted by Gasteiger charge is 2.57. The predicted octanol–water partition coefficient (Wildman–Crippen LogP) is 4.22. The molecule has 3 fully saturated rings. The molecule has 55 heavy (non-hydrogen) atoms. The molecule has 0 aromatic carbocycles. The van der Waals surface area contributed by atoms with E-state index in [0.29, 0.717) is 11.0 Å². The van der Waals surface area contributed by atoms with E-state index < -0.39 is 89.8 Å². The van der Waals surface area contributed by atoms with Gasteiger partial charge < -0.3 is 49.4 Å². The second kappa shape index (κ2) is 18.4. The number of hydrogen-bond donors (Lipinski definition) is 4. The maximum Gasteiger partial charge on any atom is 0.408 e. The molecule has 14 atom stereocenters. The Hall–Kier alpha value is -3.15. The molecule has 15 nitrogen and oxygen atoms in total. The Morgan fingerprint density at radius 1 is 1.11 bits per heavy atom. The zero-order valence-corrected chi connectivity index (χ0v) is 35.1. The number of pyridine rings is 1. The quantitative estimate of drug-likeness (QED) is 0.165. The van der Waals surface area contributed by atoms with E-state index in [1.807, 2.05) is 32.0 Å². The van der Waals surface area contributed by atoms with E-state index in [4.69, 9.17) is 23.7 Å². The molecule has 4 rings (SSSR count). The van der Waals surface area contributed by atoms with Crippen LogP contribution >= 0.6 is 15.9 Å². The number of Topliss-reactive ketones (excluding diaryl/α,β-unsaturated/α-hetero) is 1. The fourth-order valence-corrected chi connectivity index (χ4v) is 8.54. The molecule has 0 bridgehead atoms. The maximum absolute atomic E-state index is 14.4. The molecule has 16 heteroatoms. The van der Waals surface area contributed by atoms with Gasteiger partial charge in [0.2, 0.25) is 0 Å². The van der Waals surface area contributed by atoms with Gasteiger partial charge >= 0.3 is 18.2 Å². The number of fused-ring (bicyclic) bond motifs is 1. The molecule has 4 N–H and O–H groups in total. The number of aromatic nitrogens is 1. The minimum atomic E-state index is -1.67. The average Bonchev–Trinajstić information content (AvgIpc) is 3.44. The van der Waals surface area contributed by atoms with Crippen LogP contribution < -0.4 is 10.6 Å². The Balaban J connectivity index is 1.76. The first-order valence-electron chi connectivity index (χ1n) is 19.0. The van der Waals surface area contributed by atoms with E-state index in [1.54, 1.807) is 66.0 Å². The van der Waals surface area contributed by atoms with E-state index in [9.17, 15) is 29.4 Å². The number of cyclic esters (lactones) is 1. The summed E-state index contributed by atoms with van der Waals surface area (Å²) in [5, 5.41) is 28.9. The smallest absolute Gasteiger partial charge is 0.408 e. The van der Waals surface area contributed by atoms with Gasteiger partial charge in [-0.3, -0.25) is 9.59 Å². The van der Waals surface area contributed by atoms with Gasteiger partial charge in [-0.05, 0) is 88.6 Å². The number of aliphatic hydroxyl groups excluding tert-OH is 2. The first-order valence-corrected chi connectivity index (χ1v) is 19.8. The number of hydrogen-bond acceptors (Lipinski definition) is 13. The number of carbonyl (C=O) groups is 4. The van der Waals surface area contributed by atoms with Crippen molar-refractivity contribution in [3.63, 3.8) is 0 Å². The Kier molecular flexibility index (Phi) is 14.9. The number of ketones is 1. The second-order valence-corrected chi connectivity index (χ2v) is 16.8. The molecule has 2 amide bonds. The van der Waals surface area contributed by atoms with Crippen molar-refractivity contribution in [3.05, 3.63) is 34.6 Å². The van der Waals surface area contributed by atoms with Gasteiger partial charge in [0.05, 0.1) is 24.2 Å². The van der Waals surface area contributed by atoms with Crippen LogP contribution in [-0.4, -0.2) is 125 Å². The van der Waals surface area contributed by atoms with E-state index in [2.05, 4.69) is 31.5 Å². The lowest BCUT2D eigenvalue weighted by molar-refractivity contribution is -0.298. The van der Waals surface area contributed by atoms with E-state index in [0.717, 1.165) is 5.56 Å². The van der Waals surface area contributed by atoms with Crippen molar-refractivity contribution < 1.29 is 53.1 Å². The van der Waals surface area contributed by atoms with Gasteiger partial charge in [0, 0.05) is 36.5 Å². The molecule has 0 unspecified atom stereocenters. The van der Waals surface area contributed by atoms with Crippen LogP contribution in [0.5, 0.6) is 0 Å². The number of esters is 1. The normalized spacial score (nSPS) is 39.1. The van der Waals surface area contributed by atoms with Crippen molar-refractivity contribution >= 4 is 45.9 Å². The average molecular weight is 840 g/mol. The molecule has 1 aromatic heterocycles. The third-order valence-corrected chi connectivity index (χ3v) is 11.9. The largest absolute Gasteiger partial charge is 0.458 e. The number of nitrogens with one attached hydrogen (secondary N) is 2. The van der Waals surface area contributed by atoms with Gasteiger partial charge in [-0.25, -0.2) is 14.6 Å². The van der Waals surface area contributed by atoms with E-state index in [1.165, 1.54) is 6.92 Å². The molecule has 0 spiro atoms. The van der Waals surface area contributed by atoms with E-state index >= 15 is 0 Å².